The molecule has 10 nitrogen and oxygen atoms in total. The maximum absolute atomic E-state index is 13.1. The molecule has 5 rings (SSSR count). The molecule has 0 radical (unpaired) electrons. The molecule has 1 fully saturated rings. The van der Waals surface area contributed by atoms with Gasteiger partial charge < -0.3 is 16.0 Å². The number of carbonyl (C=O) groups is 3. The van der Waals surface area contributed by atoms with Gasteiger partial charge >= 0.3 is 6.03 Å². The molecular formula is C28H30ClN7O3. The molecule has 1 aliphatic heterocycles. The van der Waals surface area contributed by atoms with E-state index in [2.05, 4.69) is 55.0 Å². The average molecular weight is 548 g/mol. The van der Waals surface area contributed by atoms with Gasteiger partial charge in [-0.05, 0) is 73.4 Å². The van der Waals surface area contributed by atoms with E-state index in [1.807, 2.05) is 18.3 Å². The third-order valence-corrected chi connectivity index (χ3v) is 7.43. The van der Waals surface area contributed by atoms with Gasteiger partial charge in [-0.15, -0.1) is 0 Å². The Labute approximate surface area is 231 Å². The van der Waals surface area contributed by atoms with Crippen molar-refractivity contribution < 1.29 is 14.4 Å². The number of nitrogens with one attached hydrogen (secondary N) is 5. The highest BCUT2D eigenvalue weighted by Gasteiger charge is 2.28. The molecule has 2 aromatic heterocycles. The second-order valence-electron chi connectivity index (χ2n) is 9.66. The van der Waals surface area contributed by atoms with Gasteiger partial charge in [0.1, 0.15) is 6.04 Å². The number of allylic oxidation sites excluding steroid dienone is 5. The number of halogens is 1. The Kier molecular flexibility index (Phi) is 7.92. The van der Waals surface area contributed by atoms with Crippen LogP contribution in [0.1, 0.15) is 58.9 Å². The maximum atomic E-state index is 13.1. The third-order valence-electron chi connectivity index (χ3n) is 7.14. The van der Waals surface area contributed by atoms with E-state index >= 15 is 0 Å². The highest BCUT2D eigenvalue weighted by Crippen LogP contribution is 2.36. The fourth-order valence-electron chi connectivity index (χ4n) is 5.13. The molecule has 11 heteroatoms. The summed E-state index contributed by atoms with van der Waals surface area (Å²) in [7, 11) is 0. The lowest BCUT2D eigenvalue weighted by molar-refractivity contribution is -0.120. The first-order valence-electron chi connectivity index (χ1n) is 13.0. The Morgan fingerprint density at radius 2 is 2.03 bits per heavy atom. The van der Waals surface area contributed by atoms with Crippen molar-refractivity contribution in [1.29, 1.82) is 0 Å². The van der Waals surface area contributed by atoms with Gasteiger partial charge in [0.2, 0.25) is 5.91 Å². The van der Waals surface area contributed by atoms with Gasteiger partial charge in [-0.2, -0.15) is 0 Å². The maximum Gasteiger partial charge on any atom is 0.334 e. The van der Waals surface area contributed by atoms with Gasteiger partial charge in [-0.25, -0.2) is 9.78 Å². The highest BCUT2D eigenvalue weighted by molar-refractivity contribution is 6.33. The van der Waals surface area contributed by atoms with Gasteiger partial charge in [0, 0.05) is 18.9 Å². The molecule has 0 aromatic carbocycles. The van der Waals surface area contributed by atoms with E-state index in [0.29, 0.717) is 18.7 Å². The van der Waals surface area contributed by atoms with Crippen LogP contribution >= 0.6 is 11.6 Å². The van der Waals surface area contributed by atoms with Crippen molar-refractivity contribution in [3.63, 3.8) is 0 Å². The zero-order chi connectivity index (χ0) is 27.4. The monoisotopic (exact) mass is 547 g/mol. The predicted octanol–water partition coefficient (Wildman–Crippen LogP) is 3.57. The minimum absolute atomic E-state index is 0.148. The van der Waals surface area contributed by atoms with E-state index in [9.17, 15) is 14.4 Å². The number of hydrogen-bond donors (Lipinski definition) is 5. The molecule has 39 heavy (non-hydrogen) atoms. The van der Waals surface area contributed by atoms with Crippen LogP contribution in [0.3, 0.4) is 0 Å². The van der Waals surface area contributed by atoms with Crippen molar-refractivity contribution in [1.82, 2.24) is 31.3 Å². The number of hydrogen-bond acceptors (Lipinski definition) is 6. The zero-order valence-corrected chi connectivity index (χ0v) is 22.3. The molecule has 1 saturated heterocycles. The molecule has 2 aliphatic carbocycles. The Balaban J connectivity index is 1.29. The van der Waals surface area contributed by atoms with Crippen molar-refractivity contribution in [3.8, 4) is 0 Å². The van der Waals surface area contributed by atoms with Gasteiger partial charge in [0.05, 0.1) is 22.3 Å². The Bertz CT molecular complexity index is 1400. The molecule has 0 saturated carbocycles. The fourth-order valence-corrected chi connectivity index (χ4v) is 5.32. The standard InChI is InChI=1S/C28H30ClN7O3/c1-16-21(26(37)33-23-11-13-31-27(23)38)14-22(29)25(32-16)35-36-28(39)34-24-19-7-5-3-2-4-6-17(19)8-9-18-15-30-12-10-20(18)24/h2-4,6,10,12,14-15,23-24H,5,7-9,11,13H2,1H3,(H,31,38)(H,32,35)(H,33,37)(H2,34,36,39)/b3-2-,6-4-. The number of anilines is 1. The number of urea groups is 1. The summed E-state index contributed by atoms with van der Waals surface area (Å²) in [5.74, 6) is -0.449. The van der Waals surface area contributed by atoms with E-state index in [1.165, 1.54) is 17.2 Å². The first-order chi connectivity index (χ1) is 18.9. The van der Waals surface area contributed by atoms with Crippen LogP contribution < -0.4 is 26.8 Å². The predicted molar refractivity (Wildman–Crippen MR) is 148 cm³/mol. The molecule has 2 atom stereocenters. The summed E-state index contributed by atoms with van der Waals surface area (Å²) < 4.78 is 0. The average Bonchev–Trinajstić information content (AvgIpc) is 3.25. The molecule has 4 amide bonds. The van der Waals surface area contributed by atoms with E-state index in [1.54, 1.807) is 13.1 Å². The number of pyridine rings is 2. The van der Waals surface area contributed by atoms with Gasteiger partial charge in [0.25, 0.3) is 5.91 Å². The Morgan fingerprint density at radius 1 is 1.15 bits per heavy atom. The van der Waals surface area contributed by atoms with E-state index in [4.69, 9.17) is 11.6 Å². The minimum atomic E-state index is -0.580. The first kappa shape index (κ1) is 26.4. The van der Waals surface area contributed by atoms with Crippen molar-refractivity contribution in [2.24, 2.45) is 0 Å². The number of hydrazine groups is 1. The SMILES string of the molecule is Cc1nc(NNC(=O)NC2C3=C(/C=C\C=C/CC3)CCc3cnccc32)c(Cl)cc1C(=O)NC1CCNC1=O. The van der Waals surface area contributed by atoms with Crippen molar-refractivity contribution in [2.45, 2.75) is 51.1 Å². The number of rotatable bonds is 5. The molecule has 202 valence electrons. The number of amides is 4. The summed E-state index contributed by atoms with van der Waals surface area (Å²) in [6.07, 6.45) is 15.9. The Hall–Kier alpha value is -4.18. The summed E-state index contributed by atoms with van der Waals surface area (Å²) in [6, 6.07) is 2.07. The second kappa shape index (κ2) is 11.7. The van der Waals surface area contributed by atoms with Crippen LogP contribution in [-0.2, 0) is 11.2 Å². The van der Waals surface area contributed by atoms with Gasteiger partial charge in [-0.3, -0.25) is 25.4 Å². The van der Waals surface area contributed by atoms with Crippen LogP contribution in [0.15, 0.2) is 60.0 Å². The summed E-state index contributed by atoms with van der Waals surface area (Å²) >= 11 is 6.39. The number of fused-ring (bicyclic) bond motifs is 1. The van der Waals surface area contributed by atoms with Crippen molar-refractivity contribution >= 4 is 35.3 Å². The lowest BCUT2D eigenvalue weighted by atomic mass is 9.91. The smallest absolute Gasteiger partial charge is 0.334 e. The third kappa shape index (κ3) is 5.96. The first-order valence-corrected chi connectivity index (χ1v) is 13.3. The lowest BCUT2D eigenvalue weighted by Crippen LogP contribution is -2.42. The second-order valence-corrected chi connectivity index (χ2v) is 10.1. The summed E-state index contributed by atoms with van der Waals surface area (Å²) in [5.41, 5.74) is 10.6. The number of carbonyl (C=O) groups excluding carboxylic acids is 3. The van der Waals surface area contributed by atoms with Crippen molar-refractivity contribution in [3.05, 3.63) is 87.4 Å². The van der Waals surface area contributed by atoms with E-state index in [0.717, 1.165) is 36.8 Å². The lowest BCUT2D eigenvalue weighted by Gasteiger charge is -2.25. The topological polar surface area (TPSA) is 137 Å². The van der Waals surface area contributed by atoms with Gasteiger partial charge in [0.15, 0.2) is 5.82 Å². The van der Waals surface area contributed by atoms with E-state index in [-0.39, 0.29) is 28.4 Å². The number of nitrogens with zero attached hydrogens (tertiary/aromatic N) is 2. The van der Waals surface area contributed by atoms with Crippen LogP contribution in [0.2, 0.25) is 5.02 Å². The molecule has 2 aromatic rings. The zero-order valence-electron chi connectivity index (χ0n) is 21.5. The normalized spacial score (nSPS) is 21.7. The molecular weight excluding hydrogens is 518 g/mol. The highest BCUT2D eigenvalue weighted by atomic mass is 35.5. The Morgan fingerprint density at radius 3 is 2.85 bits per heavy atom. The summed E-state index contributed by atoms with van der Waals surface area (Å²) in [6.45, 7) is 2.18. The summed E-state index contributed by atoms with van der Waals surface area (Å²) in [4.78, 5) is 46.3. The molecule has 3 heterocycles. The quantitative estimate of drug-likeness (QED) is 0.363. The molecule has 0 bridgehead atoms. The van der Waals surface area contributed by atoms with E-state index < -0.39 is 18.0 Å². The molecule has 3 aliphatic rings. The van der Waals surface area contributed by atoms with Crippen LogP contribution in [-0.4, -0.2) is 40.4 Å². The summed E-state index contributed by atoms with van der Waals surface area (Å²) in [5, 5.41) is 8.65. The molecule has 2 unspecified atom stereocenters. The van der Waals surface area contributed by atoms with Crippen LogP contribution in [0, 0.1) is 6.92 Å². The van der Waals surface area contributed by atoms with Gasteiger partial charge in [-0.1, -0.05) is 35.9 Å². The van der Waals surface area contributed by atoms with Crippen LogP contribution in [0.5, 0.6) is 0 Å². The van der Waals surface area contributed by atoms with Crippen LogP contribution in [0.25, 0.3) is 0 Å². The largest absolute Gasteiger partial charge is 0.354 e. The van der Waals surface area contributed by atoms with Crippen molar-refractivity contribution in [2.75, 3.05) is 12.0 Å². The molecule has 0 spiro atoms. The molecule has 5 N–H and O–H groups in total. The minimum Gasteiger partial charge on any atom is -0.354 e. The number of aromatic nitrogens is 2. The van der Waals surface area contributed by atoms with Crippen LogP contribution in [0.4, 0.5) is 10.6 Å². The number of aryl methyl sites for hydroxylation is 2. The fraction of sp³-hybridized carbons (Fsp3) is 0.321.